The van der Waals surface area contributed by atoms with Crippen molar-refractivity contribution >= 4 is 18.6 Å². The Hall–Kier alpha value is -3.94. The highest BCUT2D eigenvalue weighted by Crippen LogP contribution is 2.15. The minimum Gasteiger partial charge on any atom is -0.491 e. The molecule has 4 rings (SSSR count). The number of carbonyl (C=O) groups excluding carboxylic acids is 3. The van der Waals surface area contributed by atoms with Crippen LogP contribution >= 0.6 is 0 Å². The number of aromatic nitrogens is 2. The lowest BCUT2D eigenvalue weighted by molar-refractivity contribution is 0.111. The summed E-state index contributed by atoms with van der Waals surface area (Å²) < 4.78 is 5.49. The minimum absolute atomic E-state index is 0.0581. The number of nitrogens with one attached hydrogen (secondary N) is 2. The van der Waals surface area contributed by atoms with Gasteiger partial charge >= 0.3 is 6.03 Å². The fourth-order valence-electron chi connectivity index (χ4n) is 3.43. The summed E-state index contributed by atoms with van der Waals surface area (Å²) in [5, 5.41) is 2.72. The van der Waals surface area contributed by atoms with Gasteiger partial charge in [0.05, 0.1) is 17.8 Å². The van der Waals surface area contributed by atoms with Crippen molar-refractivity contribution in [2.75, 3.05) is 26.2 Å². The molecule has 1 fully saturated rings. The Labute approximate surface area is 193 Å². The molecule has 8 nitrogen and oxygen atoms in total. The van der Waals surface area contributed by atoms with Gasteiger partial charge in [-0.1, -0.05) is 36.4 Å². The quantitative estimate of drug-likeness (QED) is 0.489. The second-order valence-corrected chi connectivity index (χ2v) is 7.52. The van der Waals surface area contributed by atoms with Gasteiger partial charge in [-0.15, -0.1) is 0 Å². The average Bonchev–Trinajstić information content (AvgIpc) is 3.46. The van der Waals surface area contributed by atoms with Crippen LogP contribution in [0.25, 0.3) is 0 Å². The van der Waals surface area contributed by atoms with Crippen LogP contribution in [0.15, 0.2) is 54.7 Å². The van der Waals surface area contributed by atoms with E-state index in [1.807, 2.05) is 43.5 Å². The molecule has 1 aliphatic heterocycles. The van der Waals surface area contributed by atoms with Crippen molar-refractivity contribution in [3.05, 3.63) is 82.9 Å². The molecule has 0 aliphatic carbocycles. The number of urea groups is 1. The molecule has 0 spiro atoms. The summed E-state index contributed by atoms with van der Waals surface area (Å²) in [5.74, 6) is 1.49. The Morgan fingerprint density at radius 2 is 1.76 bits per heavy atom. The van der Waals surface area contributed by atoms with E-state index >= 15 is 0 Å². The van der Waals surface area contributed by atoms with Crippen LogP contribution in [0.2, 0.25) is 0 Å². The number of amides is 2. The molecule has 2 aromatic carbocycles. The highest BCUT2D eigenvalue weighted by molar-refractivity contribution is 5.79. The maximum Gasteiger partial charge on any atom is 0.317 e. The molecule has 0 bridgehead atoms. The molecule has 2 amide bonds. The van der Waals surface area contributed by atoms with Crippen molar-refractivity contribution in [1.82, 2.24) is 20.2 Å². The third-order valence-corrected chi connectivity index (χ3v) is 5.20. The monoisotopic (exact) mass is 448 g/mol. The first-order valence-electron chi connectivity index (χ1n) is 10.8. The lowest BCUT2D eigenvalue weighted by atomic mass is 10.0. The number of ether oxygens (including phenoxy) is 1. The van der Waals surface area contributed by atoms with E-state index in [1.54, 1.807) is 23.1 Å². The normalized spacial score (nSPS) is 12.5. The number of aryl methyl sites for hydroxylation is 3. The SMILES string of the molecule is Cc1nc(CCc2ccccc2C=O)c[nH]1.O=Cc1ccccc1OCCN1CCNC1=O. The van der Waals surface area contributed by atoms with Gasteiger partial charge in [-0.25, -0.2) is 9.78 Å². The van der Waals surface area contributed by atoms with Crippen molar-refractivity contribution in [3.8, 4) is 5.75 Å². The third-order valence-electron chi connectivity index (χ3n) is 5.20. The molecule has 2 N–H and O–H groups in total. The third kappa shape index (κ3) is 7.03. The second-order valence-electron chi connectivity index (χ2n) is 7.52. The Kier molecular flexibility index (Phi) is 8.76. The van der Waals surface area contributed by atoms with Gasteiger partial charge < -0.3 is 19.9 Å². The number of hydrogen-bond donors (Lipinski definition) is 2. The van der Waals surface area contributed by atoms with Crippen LogP contribution in [0.1, 0.15) is 37.8 Å². The van der Waals surface area contributed by atoms with E-state index in [-0.39, 0.29) is 6.03 Å². The lowest BCUT2D eigenvalue weighted by Crippen LogP contribution is -2.31. The Balaban J connectivity index is 0.000000186. The number of carbonyl (C=O) groups is 3. The Bertz CT molecular complexity index is 1080. The number of imidazole rings is 1. The van der Waals surface area contributed by atoms with Gasteiger partial charge in [0.15, 0.2) is 6.29 Å². The molecular weight excluding hydrogens is 420 g/mol. The largest absolute Gasteiger partial charge is 0.491 e. The molecule has 172 valence electrons. The molecule has 8 heteroatoms. The molecule has 0 unspecified atom stereocenters. The summed E-state index contributed by atoms with van der Waals surface area (Å²) in [7, 11) is 0. The number of benzene rings is 2. The zero-order chi connectivity index (χ0) is 23.5. The first-order chi connectivity index (χ1) is 16.1. The molecule has 0 atom stereocenters. The topological polar surface area (TPSA) is 104 Å². The average molecular weight is 449 g/mol. The molecule has 3 aromatic rings. The van der Waals surface area contributed by atoms with Gasteiger partial charge in [-0.05, 0) is 37.5 Å². The molecular formula is C25H28N4O4. The molecule has 0 radical (unpaired) electrons. The van der Waals surface area contributed by atoms with Crippen molar-refractivity contribution < 1.29 is 19.1 Å². The maximum atomic E-state index is 11.2. The smallest absolute Gasteiger partial charge is 0.317 e. The van der Waals surface area contributed by atoms with Crippen LogP contribution in [-0.4, -0.2) is 59.7 Å². The number of aldehydes is 2. The summed E-state index contributed by atoms with van der Waals surface area (Å²) in [6.07, 6.45) is 5.29. The molecule has 0 saturated carbocycles. The van der Waals surface area contributed by atoms with E-state index in [1.165, 1.54) is 0 Å². The van der Waals surface area contributed by atoms with Crippen molar-refractivity contribution in [3.63, 3.8) is 0 Å². The van der Waals surface area contributed by atoms with Crippen LogP contribution in [0, 0.1) is 6.92 Å². The number of rotatable bonds is 9. The van der Waals surface area contributed by atoms with E-state index in [0.717, 1.165) is 48.1 Å². The first kappa shape index (κ1) is 23.7. The fraction of sp³-hybridized carbons (Fsp3) is 0.280. The minimum atomic E-state index is -0.0581. The standard InChI is InChI=1S/C13H14N2O.C12H14N2O3/c1-10-14-8-13(15-10)7-6-11-4-2-3-5-12(11)9-16;15-9-10-3-1-2-4-11(10)17-8-7-14-6-5-13-12(14)16/h2-5,8-9H,6-7H2,1H3,(H,14,15);1-4,9H,5-8H2,(H,13,16). The zero-order valence-corrected chi connectivity index (χ0v) is 18.6. The van der Waals surface area contributed by atoms with Crippen LogP contribution in [0.5, 0.6) is 5.75 Å². The summed E-state index contributed by atoms with van der Waals surface area (Å²) in [4.78, 5) is 41.9. The van der Waals surface area contributed by atoms with E-state index in [9.17, 15) is 14.4 Å². The van der Waals surface area contributed by atoms with E-state index in [0.29, 0.717) is 37.6 Å². The van der Waals surface area contributed by atoms with E-state index in [4.69, 9.17) is 4.74 Å². The van der Waals surface area contributed by atoms with Crippen molar-refractivity contribution in [2.45, 2.75) is 19.8 Å². The first-order valence-corrected chi connectivity index (χ1v) is 10.8. The molecule has 2 heterocycles. The predicted molar refractivity (Wildman–Crippen MR) is 125 cm³/mol. The summed E-state index contributed by atoms with van der Waals surface area (Å²) in [5.41, 5.74) is 3.42. The van der Waals surface area contributed by atoms with Gasteiger partial charge in [0.1, 0.15) is 24.5 Å². The maximum absolute atomic E-state index is 11.2. The summed E-state index contributed by atoms with van der Waals surface area (Å²) in [6, 6.07) is 14.6. The summed E-state index contributed by atoms with van der Waals surface area (Å²) >= 11 is 0. The van der Waals surface area contributed by atoms with Gasteiger partial charge in [0, 0.05) is 24.8 Å². The van der Waals surface area contributed by atoms with Gasteiger partial charge in [-0.2, -0.15) is 0 Å². The number of hydrogen-bond acceptors (Lipinski definition) is 5. The van der Waals surface area contributed by atoms with Crippen molar-refractivity contribution in [1.29, 1.82) is 0 Å². The van der Waals surface area contributed by atoms with E-state index in [2.05, 4.69) is 15.3 Å². The van der Waals surface area contributed by atoms with Gasteiger partial charge in [-0.3, -0.25) is 9.59 Å². The molecule has 1 saturated heterocycles. The summed E-state index contributed by atoms with van der Waals surface area (Å²) in [6.45, 7) is 4.24. The van der Waals surface area contributed by atoms with Gasteiger partial charge in [0.2, 0.25) is 0 Å². The number of nitrogens with zero attached hydrogens (tertiary/aromatic N) is 2. The van der Waals surface area contributed by atoms with Crippen LogP contribution in [-0.2, 0) is 12.8 Å². The van der Waals surface area contributed by atoms with Crippen LogP contribution in [0.3, 0.4) is 0 Å². The second kappa shape index (κ2) is 12.2. The molecule has 1 aliphatic rings. The molecule has 33 heavy (non-hydrogen) atoms. The zero-order valence-electron chi connectivity index (χ0n) is 18.6. The fourth-order valence-corrected chi connectivity index (χ4v) is 3.43. The van der Waals surface area contributed by atoms with Crippen LogP contribution < -0.4 is 10.1 Å². The van der Waals surface area contributed by atoms with Gasteiger partial charge in [0.25, 0.3) is 0 Å². The van der Waals surface area contributed by atoms with Crippen LogP contribution in [0.4, 0.5) is 4.79 Å². The predicted octanol–water partition coefficient (Wildman–Crippen LogP) is 3.22. The van der Waals surface area contributed by atoms with E-state index < -0.39 is 0 Å². The Morgan fingerprint density at radius 3 is 2.42 bits per heavy atom. The number of para-hydroxylation sites is 1. The lowest BCUT2D eigenvalue weighted by Gasteiger charge is -2.15. The number of H-pyrrole nitrogens is 1. The van der Waals surface area contributed by atoms with Crippen molar-refractivity contribution in [2.24, 2.45) is 0 Å². The highest BCUT2D eigenvalue weighted by Gasteiger charge is 2.18. The molecule has 1 aromatic heterocycles. The number of aromatic amines is 1. The Morgan fingerprint density at radius 1 is 1.03 bits per heavy atom. The highest BCUT2D eigenvalue weighted by atomic mass is 16.5.